The lowest BCUT2D eigenvalue weighted by Gasteiger charge is -2.25. The second kappa shape index (κ2) is 5.95. The van der Waals surface area contributed by atoms with Crippen LogP contribution in [0.1, 0.15) is 31.2 Å². The number of nitrogens with one attached hydrogen (secondary N) is 1. The molecule has 104 valence electrons. The summed E-state index contributed by atoms with van der Waals surface area (Å²) < 4.78 is 5.27. The number of ether oxygens (including phenoxy) is 1. The number of nitrogen functional groups attached to an aromatic ring is 1. The molecule has 1 saturated carbocycles. The highest BCUT2D eigenvalue weighted by Gasteiger charge is 2.19. The monoisotopic (exact) mass is 261 g/mol. The Labute approximate surface area is 115 Å². The van der Waals surface area contributed by atoms with Crippen LogP contribution in [0.5, 0.6) is 5.75 Å². The molecule has 0 bridgehead atoms. The summed E-state index contributed by atoms with van der Waals surface area (Å²) in [5, 5.41) is 7.69. The Hall–Kier alpha value is -1.71. The van der Waals surface area contributed by atoms with Crippen molar-refractivity contribution in [1.29, 1.82) is 5.41 Å². The van der Waals surface area contributed by atoms with Gasteiger partial charge >= 0.3 is 0 Å². The van der Waals surface area contributed by atoms with E-state index in [-0.39, 0.29) is 5.84 Å². The third-order valence-corrected chi connectivity index (χ3v) is 3.91. The van der Waals surface area contributed by atoms with Crippen LogP contribution in [0, 0.1) is 11.3 Å². The average Bonchev–Trinajstić information content (AvgIpc) is 2.90. The first-order valence-corrected chi connectivity index (χ1v) is 6.85. The van der Waals surface area contributed by atoms with Crippen molar-refractivity contribution in [2.24, 2.45) is 11.7 Å². The summed E-state index contributed by atoms with van der Waals surface area (Å²) in [4.78, 5) is 2.20. The summed E-state index contributed by atoms with van der Waals surface area (Å²) >= 11 is 0. The highest BCUT2D eigenvalue weighted by molar-refractivity contribution is 6.00. The highest BCUT2D eigenvalue weighted by atomic mass is 16.5. The summed E-state index contributed by atoms with van der Waals surface area (Å²) in [5.41, 5.74) is 7.43. The molecule has 0 radical (unpaired) electrons. The van der Waals surface area contributed by atoms with Crippen molar-refractivity contribution in [2.45, 2.75) is 25.7 Å². The molecule has 3 N–H and O–H groups in total. The zero-order chi connectivity index (χ0) is 13.8. The molecule has 1 aromatic rings. The average molecular weight is 261 g/mol. The lowest BCUT2D eigenvalue weighted by Crippen LogP contribution is -2.27. The predicted octanol–water partition coefficient (Wildman–Crippen LogP) is 2.61. The van der Waals surface area contributed by atoms with E-state index in [0.717, 1.165) is 29.5 Å². The van der Waals surface area contributed by atoms with Crippen molar-refractivity contribution in [2.75, 3.05) is 25.6 Å². The first-order chi connectivity index (χ1) is 9.11. The Morgan fingerprint density at radius 3 is 2.68 bits per heavy atom. The van der Waals surface area contributed by atoms with E-state index < -0.39 is 0 Å². The highest BCUT2D eigenvalue weighted by Crippen LogP contribution is 2.30. The van der Waals surface area contributed by atoms with Crippen LogP contribution in [0.3, 0.4) is 0 Å². The van der Waals surface area contributed by atoms with Gasteiger partial charge in [-0.05, 0) is 30.9 Å². The molecule has 0 heterocycles. The molecule has 1 aromatic carbocycles. The number of nitrogens with zero attached hydrogens (tertiary/aromatic N) is 1. The lowest BCUT2D eigenvalue weighted by atomic mass is 10.1. The van der Waals surface area contributed by atoms with Crippen molar-refractivity contribution in [3.63, 3.8) is 0 Å². The van der Waals surface area contributed by atoms with Gasteiger partial charge in [-0.15, -0.1) is 0 Å². The van der Waals surface area contributed by atoms with Gasteiger partial charge in [0.05, 0.1) is 12.8 Å². The minimum atomic E-state index is 0.107. The maximum absolute atomic E-state index is 7.69. The topological polar surface area (TPSA) is 62.3 Å². The number of amidine groups is 1. The molecule has 0 aromatic heterocycles. The fourth-order valence-corrected chi connectivity index (χ4v) is 2.86. The zero-order valence-corrected chi connectivity index (χ0v) is 11.8. The van der Waals surface area contributed by atoms with Gasteiger partial charge in [0.25, 0.3) is 0 Å². The van der Waals surface area contributed by atoms with Gasteiger partial charge in [-0.3, -0.25) is 5.41 Å². The summed E-state index contributed by atoms with van der Waals surface area (Å²) in [5.74, 6) is 1.67. The molecule has 0 aliphatic heterocycles. The number of benzene rings is 1. The van der Waals surface area contributed by atoms with Crippen LogP contribution in [0.15, 0.2) is 18.2 Å². The van der Waals surface area contributed by atoms with Crippen molar-refractivity contribution >= 4 is 11.5 Å². The van der Waals surface area contributed by atoms with Crippen molar-refractivity contribution in [3.8, 4) is 5.75 Å². The van der Waals surface area contributed by atoms with E-state index in [2.05, 4.69) is 11.9 Å². The molecule has 0 atom stereocenters. The second-order valence-electron chi connectivity index (χ2n) is 5.33. The van der Waals surface area contributed by atoms with Crippen LogP contribution in [-0.4, -0.2) is 26.5 Å². The Balaban J connectivity index is 2.21. The van der Waals surface area contributed by atoms with Crippen LogP contribution in [0.4, 0.5) is 5.69 Å². The Kier molecular flexibility index (Phi) is 4.30. The molecular weight excluding hydrogens is 238 g/mol. The van der Waals surface area contributed by atoms with Crippen molar-refractivity contribution in [1.82, 2.24) is 0 Å². The second-order valence-corrected chi connectivity index (χ2v) is 5.33. The molecule has 0 saturated heterocycles. The molecule has 0 amide bonds. The van der Waals surface area contributed by atoms with Crippen LogP contribution >= 0.6 is 0 Å². The summed E-state index contributed by atoms with van der Waals surface area (Å²) in [6.07, 6.45) is 5.31. The van der Waals surface area contributed by atoms with E-state index in [1.54, 1.807) is 7.11 Å². The standard InChI is InChI=1S/C15H23N3O/c1-18(10-11-5-3-4-6-11)14-9-12(19-2)7-8-13(14)15(16)17/h7-9,11H,3-6,10H2,1-2H3,(H3,16,17). The SMILES string of the molecule is COc1ccc(C(=N)N)c(N(C)CC2CCCC2)c1. The summed E-state index contributed by atoms with van der Waals surface area (Å²) in [7, 11) is 3.73. The molecule has 1 fully saturated rings. The molecule has 1 aliphatic carbocycles. The molecule has 1 aliphatic rings. The minimum Gasteiger partial charge on any atom is -0.497 e. The van der Waals surface area contributed by atoms with Crippen LogP contribution < -0.4 is 15.4 Å². The van der Waals surface area contributed by atoms with E-state index in [9.17, 15) is 0 Å². The lowest BCUT2D eigenvalue weighted by molar-refractivity contribution is 0.414. The smallest absolute Gasteiger partial charge is 0.124 e. The Morgan fingerprint density at radius 2 is 2.11 bits per heavy atom. The van der Waals surface area contributed by atoms with E-state index >= 15 is 0 Å². The maximum Gasteiger partial charge on any atom is 0.124 e. The molecule has 4 nitrogen and oxygen atoms in total. The first kappa shape index (κ1) is 13.7. The zero-order valence-electron chi connectivity index (χ0n) is 11.8. The quantitative estimate of drug-likeness (QED) is 0.632. The van der Waals surface area contributed by atoms with Gasteiger partial charge < -0.3 is 15.4 Å². The molecule has 4 heteroatoms. The van der Waals surface area contributed by atoms with Gasteiger partial charge in [0, 0.05) is 25.2 Å². The number of anilines is 1. The third-order valence-electron chi connectivity index (χ3n) is 3.91. The van der Waals surface area contributed by atoms with Gasteiger partial charge in [-0.25, -0.2) is 0 Å². The van der Waals surface area contributed by atoms with Gasteiger partial charge in [-0.1, -0.05) is 12.8 Å². The van der Waals surface area contributed by atoms with Gasteiger partial charge in [-0.2, -0.15) is 0 Å². The van der Waals surface area contributed by atoms with Crippen LogP contribution in [0.2, 0.25) is 0 Å². The molecular formula is C15H23N3O. The number of rotatable bonds is 5. The molecule has 19 heavy (non-hydrogen) atoms. The van der Waals surface area contributed by atoms with Crippen LogP contribution in [-0.2, 0) is 0 Å². The van der Waals surface area contributed by atoms with Crippen molar-refractivity contribution in [3.05, 3.63) is 23.8 Å². The molecule has 2 rings (SSSR count). The molecule has 0 unspecified atom stereocenters. The van der Waals surface area contributed by atoms with Crippen LogP contribution in [0.25, 0.3) is 0 Å². The predicted molar refractivity (Wildman–Crippen MR) is 79.2 cm³/mol. The third kappa shape index (κ3) is 3.19. The summed E-state index contributed by atoms with van der Waals surface area (Å²) in [6.45, 7) is 1.02. The molecule has 0 spiro atoms. The fourth-order valence-electron chi connectivity index (χ4n) is 2.86. The maximum atomic E-state index is 7.69. The number of hydrogen-bond donors (Lipinski definition) is 2. The normalized spacial score (nSPS) is 15.5. The van der Waals surface area contributed by atoms with E-state index in [1.165, 1.54) is 25.7 Å². The van der Waals surface area contributed by atoms with Gasteiger partial charge in [0.1, 0.15) is 11.6 Å². The van der Waals surface area contributed by atoms with E-state index in [4.69, 9.17) is 15.9 Å². The number of hydrogen-bond acceptors (Lipinski definition) is 3. The van der Waals surface area contributed by atoms with Gasteiger partial charge in [0.2, 0.25) is 0 Å². The number of methoxy groups -OCH3 is 1. The van der Waals surface area contributed by atoms with Gasteiger partial charge in [0.15, 0.2) is 0 Å². The Morgan fingerprint density at radius 1 is 1.42 bits per heavy atom. The van der Waals surface area contributed by atoms with Crippen molar-refractivity contribution < 1.29 is 4.74 Å². The largest absolute Gasteiger partial charge is 0.497 e. The van der Waals surface area contributed by atoms with E-state index in [1.807, 2.05) is 18.2 Å². The number of nitrogens with two attached hydrogens (primary N) is 1. The minimum absolute atomic E-state index is 0.107. The first-order valence-electron chi connectivity index (χ1n) is 6.85. The Bertz CT molecular complexity index is 453. The summed E-state index contributed by atoms with van der Waals surface area (Å²) in [6, 6.07) is 5.68. The van der Waals surface area contributed by atoms with E-state index in [0.29, 0.717) is 0 Å². The fraction of sp³-hybridized carbons (Fsp3) is 0.533.